The van der Waals surface area contributed by atoms with Crippen LogP contribution in [0.15, 0.2) is 132 Å². The number of nitrogens with one attached hydrogen (secondary N) is 2. The molecular weight excluding hydrogens is 1030 g/mol. The molecule has 4 unspecified atom stereocenters. The summed E-state index contributed by atoms with van der Waals surface area (Å²) in [6.07, 6.45) is 15.2. The molecule has 3 aliphatic heterocycles. The molecule has 78 heavy (non-hydrogen) atoms. The van der Waals surface area contributed by atoms with E-state index in [9.17, 15) is 36.9 Å². The minimum atomic E-state index is -4.67. The summed E-state index contributed by atoms with van der Waals surface area (Å²) in [5, 5.41) is 6.43. The predicted octanol–water partition coefficient (Wildman–Crippen LogP) is 6.46. The van der Waals surface area contributed by atoms with Gasteiger partial charge in [-0.2, -0.15) is 4.58 Å². The number of aromatic nitrogens is 1. The fourth-order valence-corrected chi connectivity index (χ4v) is 12.8. The van der Waals surface area contributed by atoms with Crippen LogP contribution >= 0.6 is 0 Å². The Kier molecular flexibility index (Phi) is 16.5. The molecule has 1 saturated heterocycles. The van der Waals surface area contributed by atoms with Crippen LogP contribution in [0.25, 0.3) is 10.9 Å². The van der Waals surface area contributed by atoms with Crippen LogP contribution < -0.4 is 71.8 Å². The molecular formula is C61H64KN6O9S+. The summed E-state index contributed by atoms with van der Waals surface area (Å²) < 4.78 is 44.2. The Morgan fingerprint density at radius 3 is 2.31 bits per heavy atom. The minimum absolute atomic E-state index is 0. The first-order chi connectivity index (χ1) is 36.8. The maximum Gasteiger partial charge on any atom is 1.00 e. The number of anilines is 3. The number of pyridine rings is 1. The Labute approximate surface area is 498 Å². The number of para-hydroxylation sites is 1. The van der Waals surface area contributed by atoms with Gasteiger partial charge in [-0.15, -0.1) is 0 Å². The van der Waals surface area contributed by atoms with E-state index in [1.54, 1.807) is 54.7 Å². The van der Waals surface area contributed by atoms with Crippen LogP contribution in [0.5, 0.6) is 0 Å². The maximum absolute atomic E-state index is 13.5. The van der Waals surface area contributed by atoms with E-state index in [1.165, 1.54) is 39.5 Å². The van der Waals surface area contributed by atoms with E-state index >= 15 is 0 Å². The number of benzene rings is 4. The molecule has 5 aliphatic rings. The van der Waals surface area contributed by atoms with E-state index in [4.69, 9.17) is 4.74 Å². The normalized spacial score (nSPS) is 20.9. The SMILES string of the molecule is CCN1/C(=C/C=C/C2=[N+](CCCCCC(=O)NCCC(=O)OCc3ccnc4c(NC(=O)c5ccc(N6C(=O)C7C8C=CC(C8)C7C6=O)cc5)cccc34)c3ccc(S(=O)(=O)[O-])cc3C2(C)C)C(C)(C)c2cc(C)ccc21.[K+]. The van der Waals surface area contributed by atoms with Crippen molar-refractivity contribution < 1.29 is 97.6 Å². The number of rotatable bonds is 18. The van der Waals surface area contributed by atoms with Gasteiger partial charge in [-0.3, -0.25) is 33.9 Å². The van der Waals surface area contributed by atoms with E-state index in [-0.39, 0.29) is 129 Å². The summed E-state index contributed by atoms with van der Waals surface area (Å²) >= 11 is 0. The second-order valence-corrected chi connectivity index (χ2v) is 23.2. The summed E-state index contributed by atoms with van der Waals surface area (Å²) in [6.45, 7) is 14.3. The van der Waals surface area contributed by atoms with Gasteiger partial charge in [0.2, 0.25) is 23.4 Å². The van der Waals surface area contributed by atoms with Crippen molar-refractivity contribution in [3.63, 3.8) is 0 Å². The van der Waals surface area contributed by atoms with Crippen molar-refractivity contribution in [3.05, 3.63) is 155 Å². The Hall–Kier alpha value is -5.92. The number of carbonyl (C=O) groups is 5. The zero-order chi connectivity index (χ0) is 54.6. The number of allylic oxidation sites excluding steroid dienone is 6. The van der Waals surface area contributed by atoms with Crippen LogP contribution in [0.3, 0.4) is 0 Å². The first kappa shape index (κ1) is 56.8. The average molecular weight is 1100 g/mol. The molecule has 2 N–H and O–H groups in total. The minimum Gasteiger partial charge on any atom is -0.744 e. The molecule has 4 aromatic carbocycles. The Balaban J connectivity index is 0.00000740. The first-order valence-electron chi connectivity index (χ1n) is 26.6. The van der Waals surface area contributed by atoms with Crippen molar-refractivity contribution in [2.45, 2.75) is 102 Å². The predicted molar refractivity (Wildman–Crippen MR) is 294 cm³/mol. The summed E-state index contributed by atoms with van der Waals surface area (Å²) in [5.74, 6) is -1.85. The molecule has 17 heteroatoms. The third-order valence-corrected chi connectivity index (χ3v) is 17.1. The fraction of sp³-hybridized carbons (Fsp3) is 0.361. The molecule has 2 fully saturated rings. The number of carbonyl (C=O) groups excluding carboxylic acids is 5. The van der Waals surface area contributed by atoms with Gasteiger partial charge in [0, 0.05) is 83.1 Å². The topological polar surface area (TPSA) is 198 Å². The van der Waals surface area contributed by atoms with Crippen molar-refractivity contribution in [1.29, 1.82) is 0 Å². The molecule has 4 heterocycles. The van der Waals surface area contributed by atoms with E-state index in [1.807, 2.05) is 19.9 Å². The number of amides is 4. The number of aryl methyl sites for hydroxylation is 1. The first-order valence-corrected chi connectivity index (χ1v) is 28.0. The molecule has 0 radical (unpaired) electrons. The Bertz CT molecular complexity index is 3480. The number of esters is 1. The Morgan fingerprint density at radius 1 is 0.872 bits per heavy atom. The number of unbranched alkanes of at least 4 members (excludes halogenated alkanes) is 2. The molecule has 5 aromatic rings. The number of nitrogens with zero attached hydrogens (tertiary/aromatic N) is 4. The number of likely N-dealkylation sites (N-methyl/N-ethyl adjacent to an activating group) is 1. The third-order valence-electron chi connectivity index (χ3n) is 16.3. The van der Waals surface area contributed by atoms with Crippen LogP contribution in [0.2, 0.25) is 0 Å². The number of hydrogen-bond donors (Lipinski definition) is 2. The van der Waals surface area contributed by atoms with Gasteiger partial charge < -0.3 is 24.8 Å². The maximum atomic E-state index is 13.5. The fourth-order valence-electron chi connectivity index (χ4n) is 12.3. The van der Waals surface area contributed by atoms with Crippen molar-refractivity contribution in [1.82, 2.24) is 10.3 Å². The summed E-state index contributed by atoms with van der Waals surface area (Å²) in [7, 11) is -4.67. The van der Waals surface area contributed by atoms with Crippen LogP contribution in [0.4, 0.5) is 22.7 Å². The standard InChI is InChI=1S/C61H64N6O9S.K/c1-7-65-48-26-18-37(2)33-45(48)60(3,4)50(65)15-12-16-51-61(5,6)46-35-43(77(73,74)75)25-27-49(46)66(51)32-10-8-9-17-52(68)62-31-29-53(69)76-36-41-28-30-63-56-44(41)13-11-14-47(56)64-57(70)38-21-23-42(24-22-38)67-58(71)54-39-19-20-40(34-39)55(54)59(67)72;/h11-16,18-28,30,33,35,39-40,54-55H,7-10,17,29,31-32,34,36H2,1-6H3,(H2-,62,64,68,70,73,74,75);/q;+1. The van der Waals surface area contributed by atoms with E-state index in [2.05, 4.69) is 101 Å². The van der Waals surface area contributed by atoms with Crippen molar-refractivity contribution in [2.75, 3.05) is 34.8 Å². The monoisotopic (exact) mass is 1100 g/mol. The summed E-state index contributed by atoms with van der Waals surface area (Å²) in [6, 6.07) is 24.7. The van der Waals surface area contributed by atoms with Crippen molar-refractivity contribution in [3.8, 4) is 0 Å². The van der Waals surface area contributed by atoms with Crippen LogP contribution in [0, 0.1) is 30.6 Å². The van der Waals surface area contributed by atoms with E-state index < -0.39 is 27.4 Å². The van der Waals surface area contributed by atoms with Gasteiger partial charge in [-0.25, -0.2) is 8.42 Å². The van der Waals surface area contributed by atoms with Gasteiger partial charge >= 0.3 is 57.4 Å². The Morgan fingerprint density at radius 2 is 1.60 bits per heavy atom. The van der Waals surface area contributed by atoms with E-state index in [0.717, 1.165) is 42.8 Å². The number of hydrogen-bond acceptors (Lipinski definition) is 11. The molecule has 15 nitrogen and oxygen atoms in total. The average Bonchev–Trinajstić information content (AvgIpc) is 4.32. The van der Waals surface area contributed by atoms with E-state index in [0.29, 0.717) is 46.4 Å². The zero-order valence-corrected chi connectivity index (χ0v) is 49.2. The van der Waals surface area contributed by atoms with Gasteiger partial charge in [-0.1, -0.05) is 61.9 Å². The number of fused-ring (bicyclic) bond motifs is 8. The van der Waals surface area contributed by atoms with Gasteiger partial charge in [0.05, 0.1) is 45.5 Å². The number of imide groups is 1. The third kappa shape index (κ3) is 10.8. The van der Waals surface area contributed by atoms with Crippen LogP contribution in [-0.2, 0) is 51.5 Å². The largest absolute Gasteiger partial charge is 1.00 e. The molecule has 4 atom stereocenters. The molecule has 0 spiro atoms. The van der Waals surface area contributed by atoms with Crippen LogP contribution in [0.1, 0.15) is 106 Å². The molecule has 1 aromatic heterocycles. The summed E-state index contributed by atoms with van der Waals surface area (Å²) in [4.78, 5) is 73.7. The quantitative estimate of drug-likeness (QED) is 0.0186. The molecule has 398 valence electrons. The molecule has 4 amide bonds. The van der Waals surface area contributed by atoms with Crippen molar-refractivity contribution >= 4 is 79.1 Å². The van der Waals surface area contributed by atoms with Gasteiger partial charge in [-0.05, 0) is 125 Å². The van der Waals surface area contributed by atoms with Gasteiger partial charge in [0.15, 0.2) is 5.71 Å². The van der Waals surface area contributed by atoms with Crippen molar-refractivity contribution in [2.24, 2.45) is 23.7 Å². The van der Waals surface area contributed by atoms with Crippen LogP contribution in [-0.4, -0.2) is 77.5 Å². The summed E-state index contributed by atoms with van der Waals surface area (Å²) in [5.41, 5.74) is 9.01. The van der Waals surface area contributed by atoms with Gasteiger partial charge in [0.1, 0.15) is 23.3 Å². The van der Waals surface area contributed by atoms with Gasteiger partial charge in [0.25, 0.3) is 5.91 Å². The molecule has 10 rings (SSSR count). The molecule has 2 bridgehead atoms. The molecule has 1 saturated carbocycles. The molecule has 2 aliphatic carbocycles. The smallest absolute Gasteiger partial charge is 0.744 e. The second-order valence-electron chi connectivity index (χ2n) is 21.9. The zero-order valence-electron chi connectivity index (χ0n) is 45.3. The second kappa shape index (κ2) is 22.7. The number of ether oxygens (including phenoxy) is 1.